The van der Waals surface area contributed by atoms with Gasteiger partial charge in [0.05, 0.1) is 24.3 Å². The summed E-state index contributed by atoms with van der Waals surface area (Å²) in [4.78, 5) is 4.02. The standard InChI is InChI=1S/C19H25N3O3/c1-3-7-17-24-11-19(2,12-25-17)18(23)16(22-14-20-13-21-22)10-15-8-5-4-6-9-15/h4-6,8-9,13-14,17,23H,3,7,10-12H2,1-2H3. The van der Waals surface area contributed by atoms with E-state index in [1.54, 1.807) is 11.0 Å². The summed E-state index contributed by atoms with van der Waals surface area (Å²) in [7, 11) is 0. The van der Waals surface area contributed by atoms with Crippen LogP contribution in [-0.2, 0) is 15.9 Å². The van der Waals surface area contributed by atoms with E-state index < -0.39 is 5.41 Å². The molecule has 1 aromatic heterocycles. The molecule has 1 aliphatic rings. The smallest absolute Gasteiger partial charge is 0.157 e. The second kappa shape index (κ2) is 7.80. The average Bonchev–Trinajstić information content (AvgIpc) is 3.17. The van der Waals surface area contributed by atoms with Gasteiger partial charge in [0.15, 0.2) is 6.29 Å². The monoisotopic (exact) mass is 343 g/mol. The summed E-state index contributed by atoms with van der Waals surface area (Å²) in [6.45, 7) is 4.87. The number of hydrogen-bond donors (Lipinski definition) is 1. The van der Waals surface area contributed by atoms with E-state index in [9.17, 15) is 5.11 Å². The molecule has 1 fully saturated rings. The van der Waals surface area contributed by atoms with Crippen LogP contribution in [0.5, 0.6) is 0 Å². The van der Waals surface area contributed by atoms with Gasteiger partial charge in [-0.25, -0.2) is 9.67 Å². The molecule has 0 bridgehead atoms. The summed E-state index contributed by atoms with van der Waals surface area (Å²) in [6.07, 6.45) is 5.29. The molecule has 0 radical (unpaired) electrons. The van der Waals surface area contributed by atoms with Crippen LogP contribution in [0.3, 0.4) is 0 Å². The normalized spacial score (nSPS) is 24.8. The molecule has 6 nitrogen and oxygen atoms in total. The molecular formula is C19H25N3O3. The highest BCUT2D eigenvalue weighted by Gasteiger charge is 2.38. The molecule has 0 aliphatic carbocycles. The van der Waals surface area contributed by atoms with Gasteiger partial charge >= 0.3 is 0 Å². The molecule has 1 saturated heterocycles. The third-order valence-corrected chi connectivity index (χ3v) is 4.45. The Morgan fingerprint density at radius 2 is 2.00 bits per heavy atom. The summed E-state index contributed by atoms with van der Waals surface area (Å²) >= 11 is 0. The fourth-order valence-electron chi connectivity index (χ4n) is 2.94. The Labute approximate surface area is 148 Å². The average molecular weight is 343 g/mol. The van der Waals surface area contributed by atoms with Crippen LogP contribution in [0.1, 0.15) is 32.3 Å². The van der Waals surface area contributed by atoms with Crippen molar-refractivity contribution in [2.45, 2.75) is 39.4 Å². The van der Waals surface area contributed by atoms with E-state index in [4.69, 9.17) is 9.47 Å². The first-order valence-corrected chi connectivity index (χ1v) is 8.67. The highest BCUT2D eigenvalue weighted by Crippen LogP contribution is 2.35. The van der Waals surface area contributed by atoms with E-state index in [1.165, 1.54) is 6.33 Å². The number of nitrogens with zero attached hydrogens (tertiary/aromatic N) is 3. The molecule has 0 saturated carbocycles. The highest BCUT2D eigenvalue weighted by atomic mass is 16.7. The Morgan fingerprint density at radius 3 is 2.60 bits per heavy atom. The topological polar surface area (TPSA) is 69.4 Å². The predicted octanol–water partition coefficient (Wildman–Crippen LogP) is 3.43. The Hall–Kier alpha value is -2.18. The van der Waals surface area contributed by atoms with Crippen molar-refractivity contribution in [2.24, 2.45) is 5.41 Å². The molecule has 2 heterocycles. The molecule has 0 spiro atoms. The van der Waals surface area contributed by atoms with Crippen molar-refractivity contribution in [3.05, 3.63) is 54.3 Å². The van der Waals surface area contributed by atoms with Crippen LogP contribution >= 0.6 is 0 Å². The maximum Gasteiger partial charge on any atom is 0.157 e. The zero-order chi connectivity index (χ0) is 17.7. The lowest BCUT2D eigenvalue weighted by atomic mass is 9.87. The van der Waals surface area contributed by atoms with Gasteiger partial charge in [-0.1, -0.05) is 43.7 Å². The Morgan fingerprint density at radius 1 is 1.28 bits per heavy atom. The van der Waals surface area contributed by atoms with Crippen molar-refractivity contribution in [1.82, 2.24) is 14.8 Å². The summed E-state index contributed by atoms with van der Waals surface area (Å²) < 4.78 is 13.2. The summed E-state index contributed by atoms with van der Waals surface area (Å²) in [6, 6.07) is 9.99. The van der Waals surface area contributed by atoms with Crippen LogP contribution in [0.2, 0.25) is 0 Å². The lowest BCUT2D eigenvalue weighted by molar-refractivity contribution is -0.224. The van der Waals surface area contributed by atoms with Gasteiger partial charge in [0.25, 0.3) is 0 Å². The minimum absolute atomic E-state index is 0.185. The quantitative estimate of drug-likeness (QED) is 0.814. The van der Waals surface area contributed by atoms with Crippen LogP contribution < -0.4 is 0 Å². The fourth-order valence-corrected chi connectivity index (χ4v) is 2.94. The number of ether oxygens (including phenoxy) is 2. The molecule has 1 aromatic carbocycles. The Kier molecular flexibility index (Phi) is 5.50. The maximum absolute atomic E-state index is 11.1. The van der Waals surface area contributed by atoms with Crippen LogP contribution in [-0.4, -0.2) is 39.4 Å². The van der Waals surface area contributed by atoms with Crippen LogP contribution in [0.4, 0.5) is 0 Å². The first-order chi connectivity index (χ1) is 12.1. The van der Waals surface area contributed by atoms with Gasteiger partial charge in [0.2, 0.25) is 0 Å². The van der Waals surface area contributed by atoms with E-state index in [-0.39, 0.29) is 12.0 Å². The van der Waals surface area contributed by atoms with Crippen molar-refractivity contribution in [2.75, 3.05) is 13.2 Å². The SMILES string of the molecule is CCCC1OCC(C)(C(O)=C(Cc2ccccc2)n2cncn2)CO1. The van der Waals surface area contributed by atoms with Crippen LogP contribution in [0.25, 0.3) is 5.70 Å². The van der Waals surface area contributed by atoms with Gasteiger partial charge in [0.1, 0.15) is 18.4 Å². The first-order valence-electron chi connectivity index (χ1n) is 8.67. The number of aliphatic hydroxyl groups excluding tert-OH is 1. The highest BCUT2D eigenvalue weighted by molar-refractivity contribution is 5.52. The Bertz CT molecular complexity index is 690. The zero-order valence-electron chi connectivity index (χ0n) is 14.8. The number of benzene rings is 1. The Balaban J connectivity index is 1.88. The van der Waals surface area contributed by atoms with Crippen molar-refractivity contribution in [3.63, 3.8) is 0 Å². The van der Waals surface area contributed by atoms with Crippen LogP contribution in [0.15, 0.2) is 48.7 Å². The van der Waals surface area contributed by atoms with E-state index in [2.05, 4.69) is 17.0 Å². The largest absolute Gasteiger partial charge is 0.510 e. The zero-order valence-corrected chi connectivity index (χ0v) is 14.8. The fraction of sp³-hybridized carbons (Fsp3) is 0.474. The molecule has 2 aromatic rings. The van der Waals surface area contributed by atoms with E-state index >= 15 is 0 Å². The number of aromatic nitrogens is 3. The molecule has 1 aliphatic heterocycles. The number of rotatable bonds is 6. The van der Waals surface area contributed by atoms with Crippen molar-refractivity contribution < 1.29 is 14.6 Å². The molecule has 0 atom stereocenters. The van der Waals surface area contributed by atoms with Crippen LogP contribution in [0, 0.1) is 5.41 Å². The van der Waals surface area contributed by atoms with Gasteiger partial charge in [-0.15, -0.1) is 0 Å². The van der Waals surface area contributed by atoms with Gasteiger partial charge < -0.3 is 14.6 Å². The number of allylic oxidation sites excluding steroid dienone is 1. The van der Waals surface area contributed by atoms with E-state index in [0.29, 0.717) is 25.3 Å². The molecule has 1 N–H and O–H groups in total. The van der Waals surface area contributed by atoms with Gasteiger partial charge in [-0.3, -0.25) is 0 Å². The number of aliphatic hydroxyl groups is 1. The first kappa shape index (κ1) is 17.6. The minimum Gasteiger partial charge on any atom is -0.510 e. The molecule has 0 unspecified atom stereocenters. The van der Waals surface area contributed by atoms with Gasteiger partial charge in [0, 0.05) is 6.42 Å². The van der Waals surface area contributed by atoms with E-state index in [0.717, 1.165) is 18.4 Å². The van der Waals surface area contributed by atoms with Crippen molar-refractivity contribution in [3.8, 4) is 0 Å². The van der Waals surface area contributed by atoms with Crippen molar-refractivity contribution in [1.29, 1.82) is 0 Å². The van der Waals surface area contributed by atoms with Crippen molar-refractivity contribution >= 4 is 5.70 Å². The van der Waals surface area contributed by atoms with Gasteiger partial charge in [-0.2, -0.15) is 5.10 Å². The molecule has 25 heavy (non-hydrogen) atoms. The summed E-state index contributed by atoms with van der Waals surface area (Å²) in [5.41, 5.74) is 1.16. The molecule has 0 amide bonds. The molecule has 134 valence electrons. The summed E-state index contributed by atoms with van der Waals surface area (Å²) in [5.74, 6) is 0.233. The third-order valence-electron chi connectivity index (χ3n) is 4.45. The lowest BCUT2D eigenvalue weighted by Gasteiger charge is -2.37. The maximum atomic E-state index is 11.1. The lowest BCUT2D eigenvalue weighted by Crippen LogP contribution is -2.41. The summed E-state index contributed by atoms with van der Waals surface area (Å²) in [5, 5.41) is 15.3. The second-order valence-electron chi connectivity index (χ2n) is 6.70. The second-order valence-corrected chi connectivity index (χ2v) is 6.70. The van der Waals surface area contributed by atoms with Gasteiger partial charge in [-0.05, 0) is 18.9 Å². The number of hydrogen-bond acceptors (Lipinski definition) is 5. The predicted molar refractivity (Wildman–Crippen MR) is 94.7 cm³/mol. The molecular weight excluding hydrogens is 318 g/mol. The third kappa shape index (κ3) is 4.08. The molecule has 6 heteroatoms. The van der Waals surface area contributed by atoms with E-state index in [1.807, 2.05) is 37.3 Å². The minimum atomic E-state index is -0.611. The molecule has 3 rings (SSSR count).